The molecule has 33 heavy (non-hydrogen) atoms. The Morgan fingerprint density at radius 1 is 0.970 bits per heavy atom. The van der Waals surface area contributed by atoms with E-state index in [1.165, 1.54) is 0 Å². The molecule has 3 aromatic heterocycles. The number of benzene rings is 1. The molecule has 0 spiro atoms. The second kappa shape index (κ2) is 11.2. The number of ether oxygens (including phenoxy) is 2. The van der Waals surface area contributed by atoms with E-state index >= 15 is 0 Å². The van der Waals surface area contributed by atoms with Gasteiger partial charge in [-0.2, -0.15) is 9.97 Å². The molecule has 0 amide bonds. The molecule has 5 N–H and O–H groups in total. The number of rotatable bonds is 11. The Morgan fingerprint density at radius 2 is 1.91 bits per heavy atom. The number of nitrogens with one attached hydrogen (secondary N) is 3. The van der Waals surface area contributed by atoms with Crippen molar-refractivity contribution >= 4 is 28.4 Å². The first-order valence-corrected chi connectivity index (χ1v) is 10.6. The number of nitrogens with zero attached hydrogens (tertiary/aromatic N) is 4. The molecule has 10 heteroatoms. The molecule has 0 saturated carbocycles. The number of anilines is 2. The number of pyridine rings is 2. The van der Waals surface area contributed by atoms with E-state index in [0.717, 1.165) is 28.0 Å². The van der Waals surface area contributed by atoms with Gasteiger partial charge in [0, 0.05) is 31.3 Å². The summed E-state index contributed by atoms with van der Waals surface area (Å²) in [6.07, 6.45) is 3.46. The second-order valence-electron chi connectivity index (χ2n) is 7.23. The van der Waals surface area contributed by atoms with Crippen LogP contribution in [0.4, 0.5) is 17.5 Å². The number of hydrazine groups is 1. The van der Waals surface area contributed by atoms with E-state index in [9.17, 15) is 0 Å². The quantitative estimate of drug-likeness (QED) is 0.155. The van der Waals surface area contributed by atoms with E-state index in [1.54, 1.807) is 31.0 Å². The fourth-order valence-electron chi connectivity index (χ4n) is 3.13. The van der Waals surface area contributed by atoms with Gasteiger partial charge < -0.3 is 14.8 Å². The summed E-state index contributed by atoms with van der Waals surface area (Å²) < 4.78 is 10.5. The lowest BCUT2D eigenvalue weighted by Gasteiger charge is -2.10. The van der Waals surface area contributed by atoms with Gasteiger partial charge >= 0.3 is 0 Å². The number of hydrogen-bond donors (Lipinski definition) is 4. The summed E-state index contributed by atoms with van der Waals surface area (Å²) in [5.41, 5.74) is 11.0. The van der Waals surface area contributed by atoms with Crippen molar-refractivity contribution in [2.75, 3.05) is 25.6 Å². The lowest BCUT2D eigenvalue weighted by Crippen LogP contribution is -2.91. The van der Waals surface area contributed by atoms with Crippen molar-refractivity contribution in [3.05, 3.63) is 72.2 Å². The zero-order valence-corrected chi connectivity index (χ0v) is 18.6. The predicted molar refractivity (Wildman–Crippen MR) is 125 cm³/mol. The largest absolute Gasteiger partial charge is 0.475 e. The van der Waals surface area contributed by atoms with Crippen LogP contribution in [0.5, 0.6) is 5.88 Å². The maximum absolute atomic E-state index is 5.54. The summed E-state index contributed by atoms with van der Waals surface area (Å²) in [5.74, 6) is 2.48. The average Bonchev–Trinajstić information content (AvgIpc) is 2.83. The summed E-state index contributed by atoms with van der Waals surface area (Å²) in [7, 11) is 1.63. The first kappa shape index (κ1) is 22.5. The van der Waals surface area contributed by atoms with Gasteiger partial charge in [0.05, 0.1) is 18.3 Å². The predicted octanol–water partition coefficient (Wildman–Crippen LogP) is 1.90. The zero-order valence-electron chi connectivity index (χ0n) is 18.6. The van der Waals surface area contributed by atoms with Gasteiger partial charge in [0.2, 0.25) is 5.88 Å². The maximum Gasteiger partial charge on any atom is 0.266 e. The molecule has 170 valence electrons. The van der Waals surface area contributed by atoms with Crippen LogP contribution in [0.2, 0.25) is 0 Å². The molecule has 0 atom stereocenters. The maximum atomic E-state index is 5.54. The Morgan fingerprint density at radius 3 is 2.79 bits per heavy atom. The minimum absolute atomic E-state index is 0.440. The minimum Gasteiger partial charge on any atom is -0.475 e. The van der Waals surface area contributed by atoms with Gasteiger partial charge in [0.1, 0.15) is 18.1 Å². The lowest BCUT2D eigenvalue weighted by molar-refractivity contribution is -0.647. The van der Waals surface area contributed by atoms with Crippen molar-refractivity contribution in [3.63, 3.8) is 0 Å². The normalized spacial score (nSPS) is 11.0. The third-order valence-corrected chi connectivity index (χ3v) is 4.77. The first-order chi connectivity index (χ1) is 16.2. The Balaban J connectivity index is 1.28. The van der Waals surface area contributed by atoms with Crippen LogP contribution in [0.3, 0.4) is 0 Å². The van der Waals surface area contributed by atoms with Crippen molar-refractivity contribution in [1.82, 2.24) is 30.9 Å². The van der Waals surface area contributed by atoms with E-state index in [-0.39, 0.29) is 0 Å². The molecule has 4 rings (SSSR count). The number of aryl methyl sites for hydroxylation is 1. The first-order valence-electron chi connectivity index (χ1n) is 10.6. The molecule has 0 bridgehead atoms. The highest BCUT2D eigenvalue weighted by molar-refractivity contribution is 5.78. The Kier molecular flexibility index (Phi) is 7.67. The Labute approximate surface area is 191 Å². The molecule has 1 aromatic carbocycles. The molecule has 3 heterocycles. The van der Waals surface area contributed by atoms with E-state index < -0.39 is 0 Å². The van der Waals surface area contributed by atoms with Gasteiger partial charge in [-0.1, -0.05) is 23.7 Å². The summed E-state index contributed by atoms with van der Waals surface area (Å²) >= 11 is 0. The molecular formula is C23H27N8O2+. The molecule has 4 aromatic rings. The highest BCUT2D eigenvalue weighted by Gasteiger charge is 2.08. The number of quaternary nitrogens is 1. The van der Waals surface area contributed by atoms with Crippen LogP contribution in [0.25, 0.3) is 10.9 Å². The average molecular weight is 448 g/mol. The molecule has 0 fully saturated rings. The third-order valence-electron chi connectivity index (χ3n) is 4.77. The topological polar surface area (TPSA) is 123 Å². The second-order valence-corrected chi connectivity index (χ2v) is 7.23. The van der Waals surface area contributed by atoms with E-state index in [1.807, 2.05) is 31.2 Å². The minimum atomic E-state index is 0.440. The SMILES string of the molecule is COCCOc1cccc(Nc2cnc([NH2+]NNCc3ccc4ncccc4c3)c(C)n2)n1. The zero-order chi connectivity index (χ0) is 22.9. The molecule has 0 radical (unpaired) electrons. The Hall–Kier alpha value is -3.70. The standard InChI is InChI=1S/C23H26N8O2/c1-16-23(30-31-26-14-17-8-9-19-18(13-17)5-4-10-24-19)25-15-21(27-16)28-20-6-3-7-22(29-20)33-12-11-32-2/h3-10,13,15,26,31H,11-12,14H2,1-2H3,(H,25,30)(H,27,28,29)/p+1. The number of hydrogen-bond acceptors (Lipinski definition) is 9. The van der Waals surface area contributed by atoms with E-state index in [4.69, 9.17) is 9.47 Å². The number of nitrogens with two attached hydrogens (primary N) is 1. The van der Waals surface area contributed by atoms with Crippen LogP contribution < -0.4 is 26.4 Å². The fraction of sp³-hybridized carbons (Fsp3) is 0.217. The summed E-state index contributed by atoms with van der Waals surface area (Å²) in [4.78, 5) is 17.8. The molecule has 0 aliphatic carbocycles. The monoisotopic (exact) mass is 447 g/mol. The molecule has 0 aliphatic heterocycles. The number of fused-ring (bicyclic) bond motifs is 1. The van der Waals surface area contributed by atoms with Crippen LogP contribution in [0.15, 0.2) is 60.9 Å². The highest BCUT2D eigenvalue weighted by Crippen LogP contribution is 2.17. The smallest absolute Gasteiger partial charge is 0.266 e. The van der Waals surface area contributed by atoms with Crippen LogP contribution in [-0.4, -0.2) is 40.3 Å². The highest BCUT2D eigenvalue weighted by atomic mass is 16.5. The van der Waals surface area contributed by atoms with Gasteiger partial charge in [0.25, 0.3) is 5.82 Å². The van der Waals surface area contributed by atoms with Crippen molar-refractivity contribution in [1.29, 1.82) is 0 Å². The molecule has 10 nitrogen and oxygen atoms in total. The van der Waals surface area contributed by atoms with E-state index in [2.05, 4.69) is 54.4 Å². The molecule has 0 aliphatic rings. The summed E-state index contributed by atoms with van der Waals surface area (Å²) in [6, 6.07) is 15.7. The summed E-state index contributed by atoms with van der Waals surface area (Å²) in [5, 5.41) is 4.27. The van der Waals surface area contributed by atoms with Crippen molar-refractivity contribution in [2.24, 2.45) is 0 Å². The van der Waals surface area contributed by atoms with Crippen molar-refractivity contribution in [3.8, 4) is 5.88 Å². The van der Waals surface area contributed by atoms with Crippen molar-refractivity contribution in [2.45, 2.75) is 13.5 Å². The number of aromatic nitrogens is 4. The van der Waals surface area contributed by atoms with E-state index in [0.29, 0.717) is 37.3 Å². The van der Waals surface area contributed by atoms with Crippen LogP contribution in [-0.2, 0) is 11.3 Å². The van der Waals surface area contributed by atoms with Gasteiger partial charge in [-0.05, 0) is 36.8 Å². The lowest BCUT2D eigenvalue weighted by atomic mass is 10.1. The summed E-state index contributed by atoms with van der Waals surface area (Å²) in [6.45, 7) is 3.50. The van der Waals surface area contributed by atoms with Crippen LogP contribution in [0, 0.1) is 6.92 Å². The Bertz CT molecular complexity index is 1200. The molecule has 0 saturated heterocycles. The van der Waals surface area contributed by atoms with Gasteiger partial charge in [-0.15, -0.1) is 0 Å². The van der Waals surface area contributed by atoms with Gasteiger partial charge in [0.15, 0.2) is 5.82 Å². The third kappa shape index (κ3) is 6.40. The van der Waals surface area contributed by atoms with Crippen molar-refractivity contribution < 1.29 is 14.9 Å². The number of methoxy groups -OCH3 is 1. The van der Waals surface area contributed by atoms with Gasteiger partial charge in [-0.25, -0.2) is 15.8 Å². The molecular weight excluding hydrogens is 420 g/mol. The molecule has 0 unspecified atom stereocenters. The van der Waals surface area contributed by atoms with Gasteiger partial charge in [-0.3, -0.25) is 4.98 Å². The fourth-order valence-corrected chi connectivity index (χ4v) is 3.13. The van der Waals surface area contributed by atoms with Crippen LogP contribution in [0.1, 0.15) is 11.3 Å². The van der Waals surface area contributed by atoms with Crippen LogP contribution >= 0.6 is 0 Å².